The number of rotatable bonds is 1. The monoisotopic (exact) mass is 196 g/mol. The summed E-state index contributed by atoms with van der Waals surface area (Å²) in [5, 5.41) is 9.64. The Hall–Kier alpha value is -0.0400. The van der Waals surface area contributed by atoms with Crippen LogP contribution >= 0.6 is 0 Å². The summed E-state index contributed by atoms with van der Waals surface area (Å²) in [5.74, 6) is 1.77. The quantitative estimate of drug-likeness (QED) is 0.682. The number of hydrogen-bond donors (Lipinski definition) is 1. The van der Waals surface area contributed by atoms with Crippen molar-refractivity contribution in [2.24, 2.45) is 17.3 Å². The van der Waals surface area contributed by atoms with Crippen molar-refractivity contribution >= 4 is 0 Å². The Balaban J connectivity index is 1.98. The van der Waals surface area contributed by atoms with Crippen LogP contribution in [0.25, 0.3) is 0 Å². The summed E-state index contributed by atoms with van der Waals surface area (Å²) in [7, 11) is 0. The van der Waals surface area contributed by atoms with Gasteiger partial charge in [0.15, 0.2) is 0 Å². The molecule has 4 atom stereocenters. The van der Waals surface area contributed by atoms with Gasteiger partial charge in [-0.15, -0.1) is 0 Å². The average molecular weight is 196 g/mol. The molecular weight excluding hydrogens is 172 g/mol. The first-order chi connectivity index (χ1) is 6.63. The van der Waals surface area contributed by atoms with E-state index in [-0.39, 0.29) is 6.10 Å². The Labute approximate surface area is 87.9 Å². The molecule has 0 heterocycles. The Morgan fingerprint density at radius 2 is 2.00 bits per heavy atom. The summed E-state index contributed by atoms with van der Waals surface area (Å²) >= 11 is 0. The highest BCUT2D eigenvalue weighted by atomic mass is 16.3. The van der Waals surface area contributed by atoms with Crippen LogP contribution in [0.5, 0.6) is 0 Å². The predicted molar refractivity (Wildman–Crippen MR) is 59.1 cm³/mol. The molecule has 2 aliphatic carbocycles. The summed E-state index contributed by atoms with van der Waals surface area (Å²) in [6, 6.07) is 0. The van der Waals surface area contributed by atoms with Gasteiger partial charge >= 0.3 is 0 Å². The van der Waals surface area contributed by atoms with Gasteiger partial charge in [0.25, 0.3) is 0 Å². The van der Waals surface area contributed by atoms with Crippen LogP contribution in [-0.4, -0.2) is 11.2 Å². The lowest BCUT2D eigenvalue weighted by Crippen LogP contribution is -2.36. The van der Waals surface area contributed by atoms with Crippen LogP contribution in [0.4, 0.5) is 0 Å². The van der Waals surface area contributed by atoms with E-state index in [1.807, 2.05) is 0 Å². The van der Waals surface area contributed by atoms with Crippen molar-refractivity contribution in [2.75, 3.05) is 0 Å². The molecule has 0 spiro atoms. The van der Waals surface area contributed by atoms with Crippen molar-refractivity contribution < 1.29 is 5.11 Å². The molecule has 2 fully saturated rings. The SMILES string of the molecule is CCC1(C)CCC2CC(O)CCC2C1. The van der Waals surface area contributed by atoms with Crippen LogP contribution in [-0.2, 0) is 0 Å². The molecule has 1 nitrogen and oxygen atoms in total. The van der Waals surface area contributed by atoms with Crippen LogP contribution in [0, 0.1) is 17.3 Å². The topological polar surface area (TPSA) is 20.2 Å². The van der Waals surface area contributed by atoms with Crippen molar-refractivity contribution in [2.45, 2.75) is 64.9 Å². The molecule has 2 rings (SSSR count). The van der Waals surface area contributed by atoms with Gasteiger partial charge in [0.2, 0.25) is 0 Å². The first kappa shape index (κ1) is 10.5. The fourth-order valence-electron chi connectivity index (χ4n) is 3.51. The Morgan fingerprint density at radius 1 is 1.21 bits per heavy atom. The molecule has 1 N–H and O–H groups in total. The molecule has 1 heteroatoms. The molecule has 4 unspecified atom stereocenters. The molecule has 0 aromatic carbocycles. The lowest BCUT2D eigenvalue weighted by molar-refractivity contribution is 0.00950. The molecule has 0 aliphatic heterocycles. The average Bonchev–Trinajstić information content (AvgIpc) is 2.19. The molecule has 0 bridgehead atoms. The van der Waals surface area contributed by atoms with Crippen LogP contribution in [0.3, 0.4) is 0 Å². The third-order valence-electron chi connectivity index (χ3n) is 4.84. The van der Waals surface area contributed by atoms with E-state index < -0.39 is 0 Å². The summed E-state index contributed by atoms with van der Waals surface area (Å²) in [5.41, 5.74) is 0.615. The van der Waals surface area contributed by atoms with Gasteiger partial charge in [-0.3, -0.25) is 0 Å². The molecule has 0 saturated heterocycles. The molecule has 2 saturated carbocycles. The zero-order valence-corrected chi connectivity index (χ0v) is 9.63. The van der Waals surface area contributed by atoms with E-state index in [2.05, 4.69) is 13.8 Å². The Kier molecular flexibility index (Phi) is 2.88. The first-order valence-corrected chi connectivity index (χ1v) is 6.31. The normalized spacial score (nSPS) is 48.6. The summed E-state index contributed by atoms with van der Waals surface area (Å²) in [6.45, 7) is 4.78. The smallest absolute Gasteiger partial charge is 0.0543 e. The van der Waals surface area contributed by atoms with Crippen LogP contribution in [0.1, 0.15) is 58.8 Å². The zero-order valence-electron chi connectivity index (χ0n) is 9.63. The fourth-order valence-corrected chi connectivity index (χ4v) is 3.51. The molecule has 82 valence electrons. The third kappa shape index (κ3) is 1.98. The molecule has 0 aromatic rings. The highest BCUT2D eigenvalue weighted by Crippen LogP contribution is 2.49. The van der Waals surface area contributed by atoms with E-state index in [4.69, 9.17) is 0 Å². The van der Waals surface area contributed by atoms with Gasteiger partial charge in [0.1, 0.15) is 0 Å². The maximum atomic E-state index is 9.64. The second-order valence-corrected chi connectivity index (χ2v) is 5.89. The number of aliphatic hydroxyl groups is 1. The summed E-state index contributed by atoms with van der Waals surface area (Å²) < 4.78 is 0. The van der Waals surface area contributed by atoms with Crippen molar-refractivity contribution in [3.05, 3.63) is 0 Å². The number of fused-ring (bicyclic) bond motifs is 1. The van der Waals surface area contributed by atoms with E-state index in [1.54, 1.807) is 0 Å². The van der Waals surface area contributed by atoms with E-state index in [9.17, 15) is 5.11 Å². The van der Waals surface area contributed by atoms with E-state index in [0.29, 0.717) is 5.41 Å². The minimum Gasteiger partial charge on any atom is -0.393 e. The molecule has 2 aliphatic rings. The third-order valence-corrected chi connectivity index (χ3v) is 4.84. The lowest BCUT2D eigenvalue weighted by atomic mass is 9.61. The second-order valence-electron chi connectivity index (χ2n) is 5.89. The zero-order chi connectivity index (χ0) is 10.2. The van der Waals surface area contributed by atoms with Crippen molar-refractivity contribution in [3.8, 4) is 0 Å². The van der Waals surface area contributed by atoms with Crippen LogP contribution in [0.2, 0.25) is 0 Å². The minimum atomic E-state index is 0.0160. The molecule has 0 radical (unpaired) electrons. The van der Waals surface area contributed by atoms with Gasteiger partial charge in [0, 0.05) is 0 Å². The van der Waals surface area contributed by atoms with Crippen molar-refractivity contribution in [1.29, 1.82) is 0 Å². The molecule has 0 amide bonds. The van der Waals surface area contributed by atoms with Gasteiger partial charge in [-0.05, 0) is 55.8 Å². The maximum Gasteiger partial charge on any atom is 0.0543 e. The van der Waals surface area contributed by atoms with E-state index in [1.165, 1.54) is 32.1 Å². The molecule has 0 aromatic heterocycles. The standard InChI is InChI=1S/C13H24O/c1-3-13(2)7-6-10-8-12(14)5-4-11(10)9-13/h10-12,14H,3-9H2,1-2H3. The first-order valence-electron chi connectivity index (χ1n) is 6.31. The van der Waals surface area contributed by atoms with E-state index >= 15 is 0 Å². The predicted octanol–water partition coefficient (Wildman–Crippen LogP) is 3.36. The van der Waals surface area contributed by atoms with Crippen LogP contribution < -0.4 is 0 Å². The van der Waals surface area contributed by atoms with Gasteiger partial charge in [-0.1, -0.05) is 20.3 Å². The number of hydrogen-bond acceptors (Lipinski definition) is 1. The fraction of sp³-hybridized carbons (Fsp3) is 1.00. The van der Waals surface area contributed by atoms with Gasteiger partial charge in [0.05, 0.1) is 6.10 Å². The highest BCUT2D eigenvalue weighted by molar-refractivity contribution is 4.90. The van der Waals surface area contributed by atoms with E-state index in [0.717, 1.165) is 24.7 Å². The number of aliphatic hydroxyl groups excluding tert-OH is 1. The van der Waals surface area contributed by atoms with Gasteiger partial charge < -0.3 is 5.11 Å². The van der Waals surface area contributed by atoms with Gasteiger partial charge in [-0.2, -0.15) is 0 Å². The molecular formula is C13H24O. The maximum absolute atomic E-state index is 9.64. The van der Waals surface area contributed by atoms with Crippen molar-refractivity contribution in [1.82, 2.24) is 0 Å². The van der Waals surface area contributed by atoms with Crippen LogP contribution in [0.15, 0.2) is 0 Å². The molecule has 14 heavy (non-hydrogen) atoms. The summed E-state index contributed by atoms with van der Waals surface area (Å²) in [6.07, 6.45) is 8.94. The Morgan fingerprint density at radius 3 is 2.71 bits per heavy atom. The van der Waals surface area contributed by atoms with Crippen molar-refractivity contribution in [3.63, 3.8) is 0 Å². The minimum absolute atomic E-state index is 0.0160. The lowest BCUT2D eigenvalue weighted by Gasteiger charge is -2.45. The largest absolute Gasteiger partial charge is 0.393 e. The summed E-state index contributed by atoms with van der Waals surface area (Å²) in [4.78, 5) is 0. The van der Waals surface area contributed by atoms with Gasteiger partial charge in [-0.25, -0.2) is 0 Å². The highest BCUT2D eigenvalue weighted by Gasteiger charge is 2.39. The second kappa shape index (κ2) is 3.84. The Bertz CT molecular complexity index is 201.